The fraction of sp³-hybridized carbons (Fsp3) is 0.923. The Bertz CT molecular complexity index is 307. The minimum atomic E-state index is -0.800. The third-order valence-corrected chi connectivity index (χ3v) is 4.62. The van der Waals surface area contributed by atoms with E-state index in [1.807, 2.05) is 18.7 Å². The maximum atomic E-state index is 12.2. The van der Waals surface area contributed by atoms with Gasteiger partial charge in [0, 0.05) is 28.9 Å². The highest BCUT2D eigenvalue weighted by molar-refractivity contribution is 7.84. The van der Waals surface area contributed by atoms with Crippen molar-refractivity contribution in [2.45, 2.75) is 52.7 Å². The molecule has 5 heteroatoms. The average Bonchev–Trinajstić information content (AvgIpc) is 2.62. The smallest absolute Gasteiger partial charge is 0.241 e. The Morgan fingerprint density at radius 3 is 2.56 bits per heavy atom. The van der Waals surface area contributed by atoms with Crippen LogP contribution in [0.1, 0.15) is 40.5 Å². The monoisotopic (exact) mass is 274 g/mol. The zero-order chi connectivity index (χ0) is 13.7. The summed E-state index contributed by atoms with van der Waals surface area (Å²) in [6.45, 7) is 8.87. The second-order valence-corrected chi connectivity index (χ2v) is 7.10. The fourth-order valence-electron chi connectivity index (χ4n) is 2.29. The molecule has 1 fully saturated rings. The topological polar surface area (TPSA) is 49.4 Å². The molecular formula is C13H26N2O2S. The van der Waals surface area contributed by atoms with E-state index in [0.717, 1.165) is 12.8 Å². The van der Waals surface area contributed by atoms with Crippen molar-refractivity contribution < 1.29 is 9.00 Å². The van der Waals surface area contributed by atoms with Crippen molar-refractivity contribution in [2.24, 2.45) is 5.92 Å². The number of nitrogens with one attached hydrogen (secondary N) is 1. The fourth-order valence-corrected chi connectivity index (χ4v) is 2.98. The Morgan fingerprint density at radius 1 is 1.39 bits per heavy atom. The summed E-state index contributed by atoms with van der Waals surface area (Å²) in [7, 11) is -0.800. The van der Waals surface area contributed by atoms with Crippen molar-refractivity contribution >= 4 is 16.7 Å². The molecule has 1 aliphatic rings. The number of hydrogen-bond donors (Lipinski definition) is 1. The van der Waals surface area contributed by atoms with E-state index in [4.69, 9.17) is 0 Å². The van der Waals surface area contributed by atoms with E-state index in [1.54, 1.807) is 0 Å². The molecular weight excluding hydrogens is 248 g/mol. The summed E-state index contributed by atoms with van der Waals surface area (Å²) in [6.07, 6.45) is 1.90. The molecule has 0 aromatic heterocycles. The second-order valence-electron chi connectivity index (χ2n) is 5.24. The highest BCUT2D eigenvalue weighted by Gasteiger charge is 2.37. The molecule has 106 valence electrons. The van der Waals surface area contributed by atoms with Gasteiger partial charge in [0.05, 0.1) is 12.2 Å². The SMILES string of the molecule is CCC1NC(CC(C)C)N(CCS(=O)CC)C1=O. The van der Waals surface area contributed by atoms with Gasteiger partial charge in [0.25, 0.3) is 0 Å². The first-order valence-corrected chi connectivity index (χ1v) is 8.39. The molecule has 1 aliphatic heterocycles. The van der Waals surface area contributed by atoms with Gasteiger partial charge in [-0.1, -0.05) is 27.7 Å². The molecule has 0 spiro atoms. The molecule has 0 aromatic rings. The highest BCUT2D eigenvalue weighted by Crippen LogP contribution is 2.18. The van der Waals surface area contributed by atoms with Gasteiger partial charge in [0.2, 0.25) is 5.91 Å². The lowest BCUT2D eigenvalue weighted by molar-refractivity contribution is -0.129. The first-order valence-electron chi connectivity index (χ1n) is 6.91. The lowest BCUT2D eigenvalue weighted by Gasteiger charge is -2.25. The van der Waals surface area contributed by atoms with Gasteiger partial charge >= 0.3 is 0 Å². The summed E-state index contributed by atoms with van der Waals surface area (Å²) < 4.78 is 11.5. The number of nitrogens with zero attached hydrogens (tertiary/aromatic N) is 1. The van der Waals surface area contributed by atoms with E-state index in [2.05, 4.69) is 19.2 Å². The predicted octanol–water partition coefficient (Wildman–Crippen LogP) is 1.34. The molecule has 1 heterocycles. The normalized spacial score (nSPS) is 26.1. The minimum Gasteiger partial charge on any atom is -0.325 e. The van der Waals surface area contributed by atoms with Gasteiger partial charge in [-0.15, -0.1) is 0 Å². The maximum absolute atomic E-state index is 12.2. The summed E-state index contributed by atoms with van der Waals surface area (Å²) in [4.78, 5) is 14.1. The predicted molar refractivity (Wildman–Crippen MR) is 75.7 cm³/mol. The summed E-state index contributed by atoms with van der Waals surface area (Å²) in [6, 6.07) is -0.0520. The van der Waals surface area contributed by atoms with E-state index >= 15 is 0 Å². The molecule has 0 aliphatic carbocycles. The number of amides is 1. The number of hydrogen-bond acceptors (Lipinski definition) is 3. The Hall–Kier alpha value is -0.420. The van der Waals surface area contributed by atoms with Crippen LogP contribution in [0.15, 0.2) is 0 Å². The van der Waals surface area contributed by atoms with Gasteiger partial charge < -0.3 is 4.90 Å². The third kappa shape index (κ3) is 4.05. The van der Waals surface area contributed by atoms with Crippen LogP contribution in [0, 0.1) is 5.92 Å². The standard InChI is InChI=1S/C13H26N2O2S/c1-5-11-13(16)15(7-8-18(17)6-2)12(14-11)9-10(3)4/h10-12,14H,5-9H2,1-4H3. The molecule has 0 radical (unpaired) electrons. The molecule has 4 nitrogen and oxygen atoms in total. The van der Waals surface area contributed by atoms with Crippen LogP contribution >= 0.6 is 0 Å². The Kier molecular flexibility index (Phi) is 6.29. The molecule has 1 N–H and O–H groups in total. The van der Waals surface area contributed by atoms with Crippen molar-refractivity contribution in [2.75, 3.05) is 18.1 Å². The maximum Gasteiger partial charge on any atom is 0.241 e. The second kappa shape index (κ2) is 7.24. The summed E-state index contributed by atoms with van der Waals surface area (Å²) in [5, 5.41) is 3.39. The van der Waals surface area contributed by atoms with Gasteiger partial charge in [0.15, 0.2) is 0 Å². The van der Waals surface area contributed by atoms with Crippen LogP contribution in [0.25, 0.3) is 0 Å². The molecule has 0 saturated carbocycles. The molecule has 0 aromatic carbocycles. The zero-order valence-corrected chi connectivity index (χ0v) is 12.8. The molecule has 18 heavy (non-hydrogen) atoms. The summed E-state index contributed by atoms with van der Waals surface area (Å²) in [5.74, 6) is 1.98. The first-order chi connectivity index (χ1) is 8.49. The lowest BCUT2D eigenvalue weighted by Crippen LogP contribution is -2.40. The quantitative estimate of drug-likeness (QED) is 0.762. The Morgan fingerprint density at radius 2 is 2.06 bits per heavy atom. The Labute approximate surface area is 113 Å². The highest BCUT2D eigenvalue weighted by atomic mass is 32.2. The summed E-state index contributed by atoms with van der Waals surface area (Å²) >= 11 is 0. The minimum absolute atomic E-state index is 0.0520. The zero-order valence-electron chi connectivity index (χ0n) is 11.9. The van der Waals surface area contributed by atoms with Crippen LogP contribution in [0.3, 0.4) is 0 Å². The van der Waals surface area contributed by atoms with Gasteiger partial charge in [0.1, 0.15) is 0 Å². The van der Waals surface area contributed by atoms with Gasteiger partial charge in [-0.2, -0.15) is 0 Å². The first kappa shape index (κ1) is 15.6. The van der Waals surface area contributed by atoms with E-state index in [0.29, 0.717) is 24.0 Å². The molecule has 1 rings (SSSR count). The van der Waals surface area contributed by atoms with Crippen molar-refractivity contribution in [3.63, 3.8) is 0 Å². The molecule has 3 atom stereocenters. The number of rotatable bonds is 7. The van der Waals surface area contributed by atoms with Gasteiger partial charge in [-0.05, 0) is 18.8 Å². The van der Waals surface area contributed by atoms with Crippen LogP contribution in [-0.4, -0.2) is 45.3 Å². The average molecular weight is 274 g/mol. The van der Waals surface area contributed by atoms with Gasteiger partial charge in [-0.25, -0.2) is 0 Å². The third-order valence-electron chi connectivity index (χ3n) is 3.34. The van der Waals surface area contributed by atoms with E-state index in [1.165, 1.54) is 0 Å². The molecule has 1 saturated heterocycles. The van der Waals surface area contributed by atoms with Crippen LogP contribution in [0.4, 0.5) is 0 Å². The van der Waals surface area contributed by atoms with Crippen LogP contribution in [-0.2, 0) is 15.6 Å². The lowest BCUT2D eigenvalue weighted by atomic mass is 10.1. The van der Waals surface area contributed by atoms with Crippen molar-refractivity contribution in [3.8, 4) is 0 Å². The number of carbonyl (C=O) groups is 1. The number of carbonyl (C=O) groups excluding carboxylic acids is 1. The van der Waals surface area contributed by atoms with E-state index in [-0.39, 0.29) is 18.1 Å². The molecule has 0 bridgehead atoms. The van der Waals surface area contributed by atoms with Crippen LogP contribution in [0.5, 0.6) is 0 Å². The Balaban J connectivity index is 2.63. The largest absolute Gasteiger partial charge is 0.325 e. The van der Waals surface area contributed by atoms with Gasteiger partial charge in [-0.3, -0.25) is 14.3 Å². The van der Waals surface area contributed by atoms with E-state index in [9.17, 15) is 9.00 Å². The van der Waals surface area contributed by atoms with E-state index < -0.39 is 10.8 Å². The van der Waals surface area contributed by atoms with Crippen LogP contribution < -0.4 is 5.32 Å². The van der Waals surface area contributed by atoms with Crippen molar-refractivity contribution in [1.82, 2.24) is 10.2 Å². The molecule has 1 amide bonds. The molecule has 3 unspecified atom stereocenters. The van der Waals surface area contributed by atoms with Crippen molar-refractivity contribution in [1.29, 1.82) is 0 Å². The van der Waals surface area contributed by atoms with Crippen LogP contribution in [0.2, 0.25) is 0 Å². The van der Waals surface area contributed by atoms with Crippen molar-refractivity contribution in [3.05, 3.63) is 0 Å². The summed E-state index contributed by atoms with van der Waals surface area (Å²) in [5.41, 5.74) is 0.